The number of morpholine rings is 2. The fourth-order valence-corrected chi connectivity index (χ4v) is 4.05. The topological polar surface area (TPSA) is 99.5 Å². The molecule has 0 bridgehead atoms. The molecule has 0 radical (unpaired) electrons. The molecule has 0 amide bonds. The van der Waals surface area contributed by atoms with Gasteiger partial charge in [0.2, 0.25) is 0 Å². The number of carboxylic acids is 2. The number of nitrogens with zero attached hydrogens (tertiary/aromatic N) is 2. The molecule has 0 aromatic heterocycles. The van der Waals surface area contributed by atoms with Crippen molar-refractivity contribution in [3.63, 3.8) is 0 Å². The van der Waals surface area contributed by atoms with E-state index < -0.39 is 11.9 Å². The van der Waals surface area contributed by atoms with Crippen LogP contribution in [0.5, 0.6) is 0 Å². The van der Waals surface area contributed by atoms with Gasteiger partial charge in [-0.3, -0.25) is 9.80 Å². The first-order chi connectivity index (χ1) is 14.6. The molecule has 0 unspecified atom stereocenters. The van der Waals surface area contributed by atoms with E-state index in [4.69, 9.17) is 9.47 Å². The zero-order chi connectivity index (χ0) is 21.6. The summed E-state index contributed by atoms with van der Waals surface area (Å²) in [4.78, 5) is 28.1. The van der Waals surface area contributed by atoms with E-state index in [0.29, 0.717) is 25.7 Å². The van der Waals surface area contributed by atoms with Crippen molar-refractivity contribution in [3.8, 4) is 0 Å². The van der Waals surface area contributed by atoms with Crippen LogP contribution in [0.2, 0.25) is 0 Å². The number of carbonyl (C=O) groups is 2. The SMILES string of the molecule is O=C(O)/C(CCCCCN1CCOCC1)=C(\CCCCCN1CCOCC1)C(=O)O. The molecule has 2 N–H and O–H groups in total. The van der Waals surface area contributed by atoms with E-state index in [9.17, 15) is 19.8 Å². The highest BCUT2D eigenvalue weighted by Crippen LogP contribution is 2.20. The molecular weight excluding hydrogens is 388 g/mol. The van der Waals surface area contributed by atoms with Gasteiger partial charge in [-0.1, -0.05) is 12.8 Å². The van der Waals surface area contributed by atoms with E-state index in [1.165, 1.54) is 0 Å². The lowest BCUT2D eigenvalue weighted by Crippen LogP contribution is -2.36. The molecule has 0 aromatic rings. The molecule has 2 saturated heterocycles. The van der Waals surface area contributed by atoms with Crippen molar-refractivity contribution in [3.05, 3.63) is 11.1 Å². The smallest absolute Gasteiger partial charge is 0.332 e. The Kier molecular flexibility index (Phi) is 12.0. The predicted octanol–water partition coefficient (Wildman–Crippen LogP) is 2.24. The average Bonchev–Trinajstić information content (AvgIpc) is 2.75. The average molecular weight is 427 g/mol. The van der Waals surface area contributed by atoms with Crippen LogP contribution < -0.4 is 0 Å². The maximum absolute atomic E-state index is 11.7. The number of rotatable bonds is 14. The van der Waals surface area contributed by atoms with Gasteiger partial charge in [-0.25, -0.2) is 9.59 Å². The fourth-order valence-electron chi connectivity index (χ4n) is 4.05. The van der Waals surface area contributed by atoms with E-state index in [1.54, 1.807) is 0 Å². The highest BCUT2D eigenvalue weighted by Gasteiger charge is 2.20. The first-order valence-electron chi connectivity index (χ1n) is 11.4. The normalized spacial score (nSPS) is 19.5. The molecule has 172 valence electrons. The van der Waals surface area contributed by atoms with Crippen molar-refractivity contribution in [1.29, 1.82) is 0 Å². The second-order valence-corrected chi connectivity index (χ2v) is 8.10. The van der Waals surface area contributed by atoms with Crippen LogP contribution in [-0.4, -0.2) is 97.6 Å². The van der Waals surface area contributed by atoms with E-state index in [1.807, 2.05) is 0 Å². The Hall–Kier alpha value is -1.48. The maximum atomic E-state index is 11.7. The molecule has 2 heterocycles. The van der Waals surface area contributed by atoms with E-state index in [2.05, 4.69) is 9.80 Å². The lowest BCUT2D eigenvalue weighted by molar-refractivity contribution is -0.136. The van der Waals surface area contributed by atoms with Crippen LogP contribution in [0.15, 0.2) is 11.1 Å². The van der Waals surface area contributed by atoms with Gasteiger partial charge in [-0.05, 0) is 51.6 Å². The number of aliphatic carboxylic acids is 2. The van der Waals surface area contributed by atoms with Gasteiger partial charge in [0, 0.05) is 37.3 Å². The first kappa shape index (κ1) is 24.8. The Morgan fingerprint density at radius 3 is 1.30 bits per heavy atom. The Morgan fingerprint density at radius 1 is 0.600 bits per heavy atom. The van der Waals surface area contributed by atoms with Crippen LogP contribution >= 0.6 is 0 Å². The molecule has 0 spiro atoms. The van der Waals surface area contributed by atoms with Crippen LogP contribution in [0.25, 0.3) is 0 Å². The number of carboxylic acid groups (broad SMARTS) is 2. The van der Waals surface area contributed by atoms with E-state index in [0.717, 1.165) is 91.4 Å². The summed E-state index contributed by atoms with van der Waals surface area (Å²) >= 11 is 0. The molecule has 2 fully saturated rings. The zero-order valence-corrected chi connectivity index (χ0v) is 18.1. The standard InChI is InChI=1S/C22H38N2O6/c25-21(26)19(7-3-1-5-9-23-11-15-29-16-12-23)20(22(27)28)8-4-2-6-10-24-13-17-30-18-14-24/h1-18H2,(H,25,26)(H,27,28)/b20-19+. The molecule has 30 heavy (non-hydrogen) atoms. The van der Waals surface area contributed by atoms with Gasteiger partial charge in [0.15, 0.2) is 0 Å². The molecule has 2 aliphatic heterocycles. The van der Waals surface area contributed by atoms with Crippen molar-refractivity contribution >= 4 is 11.9 Å². The second-order valence-electron chi connectivity index (χ2n) is 8.10. The predicted molar refractivity (Wildman–Crippen MR) is 114 cm³/mol. The molecule has 0 atom stereocenters. The molecule has 8 heteroatoms. The van der Waals surface area contributed by atoms with Gasteiger partial charge in [-0.2, -0.15) is 0 Å². The third-order valence-electron chi connectivity index (χ3n) is 5.89. The molecule has 2 rings (SSSR count). The molecule has 0 aromatic carbocycles. The maximum Gasteiger partial charge on any atom is 0.332 e. The summed E-state index contributed by atoms with van der Waals surface area (Å²) in [6.07, 6.45) is 5.87. The van der Waals surface area contributed by atoms with Crippen molar-refractivity contribution < 1.29 is 29.3 Å². The van der Waals surface area contributed by atoms with Gasteiger partial charge in [0.1, 0.15) is 0 Å². The Balaban J connectivity index is 1.70. The van der Waals surface area contributed by atoms with Crippen molar-refractivity contribution in [2.24, 2.45) is 0 Å². The molecular formula is C22H38N2O6. The van der Waals surface area contributed by atoms with Gasteiger partial charge < -0.3 is 19.7 Å². The summed E-state index contributed by atoms with van der Waals surface area (Å²) < 4.78 is 10.7. The third-order valence-corrected chi connectivity index (χ3v) is 5.89. The molecule has 0 saturated carbocycles. The van der Waals surface area contributed by atoms with Crippen LogP contribution in [0.4, 0.5) is 0 Å². The quantitative estimate of drug-likeness (QED) is 0.322. The Bertz CT molecular complexity index is 506. The number of hydrogen-bond donors (Lipinski definition) is 2. The summed E-state index contributed by atoms with van der Waals surface area (Å²) in [5.41, 5.74) is 0.170. The van der Waals surface area contributed by atoms with Gasteiger partial charge in [0.25, 0.3) is 0 Å². The molecule has 2 aliphatic rings. The van der Waals surface area contributed by atoms with Crippen molar-refractivity contribution in [1.82, 2.24) is 9.80 Å². The Morgan fingerprint density at radius 2 is 0.967 bits per heavy atom. The minimum Gasteiger partial charge on any atom is -0.478 e. The summed E-state index contributed by atoms with van der Waals surface area (Å²) in [6, 6.07) is 0. The van der Waals surface area contributed by atoms with Gasteiger partial charge in [0.05, 0.1) is 26.4 Å². The summed E-state index contributed by atoms with van der Waals surface area (Å²) in [7, 11) is 0. The monoisotopic (exact) mass is 426 g/mol. The van der Waals surface area contributed by atoms with E-state index in [-0.39, 0.29) is 11.1 Å². The highest BCUT2D eigenvalue weighted by molar-refractivity contribution is 5.98. The Labute approximate surface area is 179 Å². The van der Waals surface area contributed by atoms with Crippen molar-refractivity contribution in [2.45, 2.75) is 51.4 Å². The zero-order valence-electron chi connectivity index (χ0n) is 18.1. The fraction of sp³-hybridized carbons (Fsp3) is 0.818. The van der Waals surface area contributed by atoms with Gasteiger partial charge in [-0.15, -0.1) is 0 Å². The van der Waals surface area contributed by atoms with Gasteiger partial charge >= 0.3 is 11.9 Å². The third kappa shape index (κ3) is 9.55. The molecule has 8 nitrogen and oxygen atoms in total. The minimum absolute atomic E-state index is 0.0852. The summed E-state index contributed by atoms with van der Waals surface area (Å²) in [5, 5.41) is 19.1. The summed E-state index contributed by atoms with van der Waals surface area (Å²) in [5.74, 6) is -2.18. The number of unbranched alkanes of at least 4 members (excludes halogenated alkanes) is 4. The number of ether oxygens (including phenoxy) is 2. The summed E-state index contributed by atoms with van der Waals surface area (Å²) in [6.45, 7) is 8.91. The van der Waals surface area contributed by atoms with Crippen LogP contribution in [0.1, 0.15) is 51.4 Å². The van der Waals surface area contributed by atoms with E-state index >= 15 is 0 Å². The van der Waals surface area contributed by atoms with Crippen LogP contribution in [0.3, 0.4) is 0 Å². The minimum atomic E-state index is -1.09. The highest BCUT2D eigenvalue weighted by atomic mass is 16.5. The lowest BCUT2D eigenvalue weighted by Gasteiger charge is -2.26. The van der Waals surface area contributed by atoms with Crippen LogP contribution in [-0.2, 0) is 19.1 Å². The van der Waals surface area contributed by atoms with Crippen molar-refractivity contribution in [2.75, 3.05) is 65.7 Å². The van der Waals surface area contributed by atoms with Crippen LogP contribution in [0, 0.1) is 0 Å². The first-order valence-corrected chi connectivity index (χ1v) is 11.4. The second kappa shape index (κ2) is 14.5. The largest absolute Gasteiger partial charge is 0.478 e. The lowest BCUT2D eigenvalue weighted by atomic mass is 9.97. The molecule has 0 aliphatic carbocycles. The number of hydrogen-bond acceptors (Lipinski definition) is 6.